The molecule has 4 heterocycles. The Morgan fingerprint density at radius 3 is 2.45 bits per heavy atom. The topological polar surface area (TPSA) is 136 Å². The van der Waals surface area contributed by atoms with Gasteiger partial charge in [-0.1, -0.05) is 46.3 Å². The van der Waals surface area contributed by atoms with E-state index in [-0.39, 0.29) is 75.6 Å². The van der Waals surface area contributed by atoms with Crippen LogP contribution in [0.2, 0.25) is 0 Å². The summed E-state index contributed by atoms with van der Waals surface area (Å²) in [6.07, 6.45) is 3.70. The molecule has 262 valence electrons. The fraction of sp³-hybridized carbons (Fsp3) is 0.919. The molecule has 0 aromatic carbocycles. The summed E-state index contributed by atoms with van der Waals surface area (Å²) in [5.41, 5.74) is 0.598. The van der Waals surface area contributed by atoms with Crippen molar-refractivity contribution in [3.8, 4) is 0 Å². The first-order valence-electron chi connectivity index (χ1n) is 18.2. The summed E-state index contributed by atoms with van der Waals surface area (Å²) < 4.78 is 38.3. The normalized spacial score (nSPS) is 61.1. The van der Waals surface area contributed by atoms with Crippen molar-refractivity contribution in [3.63, 3.8) is 0 Å². The SMILES string of the molecule is CC(=O)O[C@H]1C[C@]23C[C@]24CC[C@@H](O[C@H]2OC[C@H](O)[C@@H](O)[C@@H]2O)C(C)(C)[C@H]4CC=C3[C@@]2(C)C[C@H]3OC4(C[C@H](C)[C@H]3[C@]12C)OCC1(C)OC14. The maximum atomic E-state index is 12.9. The number of esters is 1. The molecule has 3 N–H and O–H groups in total. The molecule has 5 aliphatic carbocycles. The van der Waals surface area contributed by atoms with Crippen molar-refractivity contribution in [2.45, 2.75) is 154 Å². The van der Waals surface area contributed by atoms with Gasteiger partial charge >= 0.3 is 5.97 Å². The Morgan fingerprint density at radius 2 is 1.77 bits per heavy atom. The van der Waals surface area contributed by atoms with Gasteiger partial charge in [0.15, 0.2) is 12.1 Å². The second kappa shape index (κ2) is 9.40. The number of fused-ring (bicyclic) bond motifs is 6. The molecule has 4 aliphatic heterocycles. The molecule has 4 saturated heterocycles. The third-order valence-corrected chi connectivity index (χ3v) is 16.0. The molecule has 4 saturated carbocycles. The summed E-state index contributed by atoms with van der Waals surface area (Å²) in [5, 5.41) is 30.9. The van der Waals surface area contributed by atoms with Crippen LogP contribution in [0.5, 0.6) is 0 Å². The van der Waals surface area contributed by atoms with Crippen LogP contribution in [-0.4, -0.2) is 94.9 Å². The van der Waals surface area contributed by atoms with Gasteiger partial charge in [-0.15, -0.1) is 0 Å². The van der Waals surface area contributed by atoms with E-state index in [1.807, 2.05) is 0 Å². The lowest BCUT2D eigenvalue weighted by Gasteiger charge is -2.62. The number of carbonyl (C=O) groups excluding carboxylic acids is 1. The van der Waals surface area contributed by atoms with Gasteiger partial charge in [0, 0.05) is 29.6 Å². The smallest absolute Gasteiger partial charge is 0.302 e. The molecule has 17 atom stereocenters. The third-order valence-electron chi connectivity index (χ3n) is 16.0. The van der Waals surface area contributed by atoms with Gasteiger partial charge in [0.2, 0.25) is 0 Å². The first-order chi connectivity index (χ1) is 22.0. The van der Waals surface area contributed by atoms with Crippen molar-refractivity contribution in [2.24, 2.45) is 44.8 Å². The number of hydrogen-bond acceptors (Lipinski definition) is 10. The average Bonchev–Trinajstić information content (AvgIpc) is 3.81. The maximum absolute atomic E-state index is 12.9. The highest BCUT2D eigenvalue weighted by Gasteiger charge is 2.85. The first-order valence-corrected chi connectivity index (χ1v) is 18.2. The van der Waals surface area contributed by atoms with E-state index in [1.54, 1.807) is 12.5 Å². The van der Waals surface area contributed by atoms with E-state index in [4.69, 9.17) is 28.4 Å². The summed E-state index contributed by atoms with van der Waals surface area (Å²) in [6.45, 7) is 15.9. The van der Waals surface area contributed by atoms with E-state index in [0.717, 1.165) is 44.9 Å². The predicted molar refractivity (Wildman–Crippen MR) is 166 cm³/mol. The number of hydrogen-bond donors (Lipinski definition) is 3. The number of allylic oxidation sites excluding steroid dienone is 2. The minimum Gasteiger partial charge on any atom is -0.462 e. The number of aliphatic hydroxyl groups is 3. The molecule has 9 aliphatic rings. The van der Waals surface area contributed by atoms with Crippen LogP contribution in [0.1, 0.15) is 93.4 Å². The third kappa shape index (κ3) is 3.73. The van der Waals surface area contributed by atoms with Gasteiger partial charge in [-0.3, -0.25) is 4.79 Å². The Balaban J connectivity index is 1.06. The monoisotopic (exact) mass is 658 g/mol. The molecule has 10 heteroatoms. The van der Waals surface area contributed by atoms with Crippen molar-refractivity contribution in [2.75, 3.05) is 13.2 Å². The lowest BCUT2D eigenvalue weighted by Crippen LogP contribution is -2.61. The molecule has 0 amide bonds. The molecule has 0 aromatic rings. The van der Waals surface area contributed by atoms with Crippen LogP contribution in [0.4, 0.5) is 0 Å². The summed E-state index contributed by atoms with van der Waals surface area (Å²) in [4.78, 5) is 12.9. The van der Waals surface area contributed by atoms with Gasteiger partial charge in [0.05, 0.1) is 25.4 Å². The number of aliphatic hydroxyl groups excluding tert-OH is 3. The van der Waals surface area contributed by atoms with Crippen molar-refractivity contribution < 1.29 is 48.5 Å². The van der Waals surface area contributed by atoms with Gasteiger partial charge in [-0.05, 0) is 74.0 Å². The zero-order valence-electron chi connectivity index (χ0n) is 29.0. The van der Waals surface area contributed by atoms with Crippen LogP contribution in [0.15, 0.2) is 11.6 Å². The zero-order chi connectivity index (χ0) is 33.3. The molecule has 0 bridgehead atoms. The standard InChI is InChI=1S/C37H54O10/c1-18-12-37(30-33(6,47-30)17-43-37)46-21-13-32(5)23-9-8-22-31(3,4)24(45-29-28(41)27(40)20(39)15-42-29)10-11-35(22)16-36(23,35)14-25(44-19(2)38)34(32,7)26(18)21/h9,18,20-22,24-30,39-41H,8,10-17H2,1-7H3/t18-,20-,21+,22+,24+,25-,26+,27+,28-,29+,30?,32+,33?,34-,35-,36+,37?/m0/s1. The largest absolute Gasteiger partial charge is 0.462 e. The van der Waals surface area contributed by atoms with Gasteiger partial charge in [-0.25, -0.2) is 0 Å². The predicted octanol–water partition coefficient (Wildman–Crippen LogP) is 3.63. The summed E-state index contributed by atoms with van der Waals surface area (Å²) >= 11 is 0. The van der Waals surface area contributed by atoms with E-state index in [2.05, 4.69) is 47.6 Å². The molecule has 9 rings (SSSR count). The second-order valence-electron chi connectivity index (χ2n) is 18.5. The molecule has 3 unspecified atom stereocenters. The van der Waals surface area contributed by atoms with E-state index in [1.165, 1.54) is 0 Å². The molecule has 0 aromatic heterocycles. The Hall–Kier alpha value is -1.11. The van der Waals surface area contributed by atoms with Crippen LogP contribution in [0.25, 0.3) is 0 Å². The first kappa shape index (κ1) is 31.8. The molecular weight excluding hydrogens is 604 g/mol. The van der Waals surface area contributed by atoms with Crippen molar-refractivity contribution in [1.82, 2.24) is 0 Å². The molecule has 10 nitrogen and oxygen atoms in total. The van der Waals surface area contributed by atoms with Crippen molar-refractivity contribution in [1.29, 1.82) is 0 Å². The molecular formula is C37H54O10. The highest BCUT2D eigenvalue weighted by Crippen LogP contribution is 2.88. The second-order valence-corrected chi connectivity index (χ2v) is 18.5. The Bertz CT molecular complexity index is 1410. The number of carbonyl (C=O) groups is 1. The lowest BCUT2D eigenvalue weighted by molar-refractivity contribution is -0.307. The Kier molecular flexibility index (Phi) is 6.37. The van der Waals surface area contributed by atoms with Crippen LogP contribution in [0.3, 0.4) is 0 Å². The minimum absolute atomic E-state index is 0.0156. The molecule has 8 fully saturated rings. The average molecular weight is 659 g/mol. The van der Waals surface area contributed by atoms with Crippen LogP contribution in [-0.2, 0) is 33.2 Å². The Morgan fingerprint density at radius 1 is 1.00 bits per heavy atom. The lowest BCUT2D eigenvalue weighted by atomic mass is 9.44. The fourth-order valence-electron chi connectivity index (χ4n) is 13.7. The van der Waals surface area contributed by atoms with Crippen LogP contribution >= 0.6 is 0 Å². The van der Waals surface area contributed by atoms with Crippen molar-refractivity contribution >= 4 is 5.97 Å². The summed E-state index contributed by atoms with van der Waals surface area (Å²) in [5.74, 6) is -0.0424. The number of rotatable bonds is 3. The van der Waals surface area contributed by atoms with Gasteiger partial charge in [0.1, 0.15) is 36.1 Å². The van der Waals surface area contributed by atoms with Gasteiger partial charge < -0.3 is 43.7 Å². The van der Waals surface area contributed by atoms with Crippen LogP contribution in [0, 0.1) is 44.8 Å². The van der Waals surface area contributed by atoms with Gasteiger partial charge in [-0.2, -0.15) is 0 Å². The quantitative estimate of drug-likeness (QED) is 0.234. The van der Waals surface area contributed by atoms with E-state index < -0.39 is 30.4 Å². The zero-order valence-corrected chi connectivity index (χ0v) is 29.0. The fourth-order valence-corrected chi connectivity index (χ4v) is 13.7. The minimum atomic E-state index is -1.31. The molecule has 47 heavy (non-hydrogen) atoms. The number of ether oxygens (including phenoxy) is 6. The maximum Gasteiger partial charge on any atom is 0.302 e. The highest BCUT2D eigenvalue weighted by atomic mass is 16.8. The summed E-state index contributed by atoms with van der Waals surface area (Å²) in [6, 6.07) is 0. The van der Waals surface area contributed by atoms with E-state index in [9.17, 15) is 20.1 Å². The highest BCUT2D eigenvalue weighted by molar-refractivity contribution is 5.66. The number of epoxide rings is 1. The molecule has 3 spiro atoms. The van der Waals surface area contributed by atoms with Gasteiger partial charge in [0.25, 0.3) is 0 Å². The van der Waals surface area contributed by atoms with Crippen LogP contribution < -0.4 is 0 Å². The van der Waals surface area contributed by atoms with Crippen molar-refractivity contribution in [3.05, 3.63) is 11.6 Å². The Labute approximate surface area is 277 Å². The van der Waals surface area contributed by atoms with E-state index in [0.29, 0.717) is 18.4 Å². The van der Waals surface area contributed by atoms with E-state index >= 15 is 0 Å². The summed E-state index contributed by atoms with van der Waals surface area (Å²) in [7, 11) is 0. The molecule has 0 radical (unpaired) electrons.